The second-order valence-electron chi connectivity index (χ2n) is 8.65. The van der Waals surface area contributed by atoms with Crippen molar-refractivity contribution in [2.45, 2.75) is 46.2 Å². The summed E-state index contributed by atoms with van der Waals surface area (Å²) in [5.74, 6) is 0.461. The number of nitrogens with zero attached hydrogens (tertiary/aromatic N) is 3. The van der Waals surface area contributed by atoms with Crippen molar-refractivity contribution in [1.82, 2.24) is 20.0 Å². The molecule has 182 valence electrons. The van der Waals surface area contributed by atoms with E-state index in [1.165, 1.54) is 12.1 Å². The zero-order chi connectivity index (χ0) is 24.7. The third kappa shape index (κ3) is 6.35. The number of nitrogens with one attached hydrogen (secondary N) is 1. The molecule has 34 heavy (non-hydrogen) atoms. The number of hydrogen-bond acceptors (Lipinski definition) is 4. The molecule has 0 radical (unpaired) electrons. The molecule has 0 saturated carbocycles. The molecule has 2 amide bonds. The van der Waals surface area contributed by atoms with Crippen molar-refractivity contribution in [3.05, 3.63) is 71.7 Å². The Balaban J connectivity index is 2.12. The molecule has 7 nitrogen and oxygen atoms in total. The summed E-state index contributed by atoms with van der Waals surface area (Å²) in [6.07, 6.45) is 0. The summed E-state index contributed by atoms with van der Waals surface area (Å²) in [6.45, 7) is 8.95. The molecular weight excluding hydrogens is 435 g/mol. The lowest BCUT2D eigenvalue weighted by Crippen LogP contribution is -2.44. The number of aromatic nitrogens is 2. The van der Waals surface area contributed by atoms with Gasteiger partial charge in [0.05, 0.1) is 30.1 Å². The number of rotatable bonds is 10. The zero-order valence-electron chi connectivity index (χ0n) is 20.4. The predicted octanol–water partition coefficient (Wildman–Crippen LogP) is 5.49. The number of ether oxygens (including phenoxy) is 2. The first-order valence-electron chi connectivity index (χ1n) is 11.4. The Kier molecular flexibility index (Phi) is 8.65. The normalized spacial score (nSPS) is 11.2. The van der Waals surface area contributed by atoms with Gasteiger partial charge in [-0.1, -0.05) is 38.1 Å². The number of carbonyl (C=O) groups excluding carboxylic acids is 1. The quantitative estimate of drug-likeness (QED) is 0.427. The first-order chi connectivity index (χ1) is 16.3. The predicted molar refractivity (Wildman–Crippen MR) is 130 cm³/mol. The van der Waals surface area contributed by atoms with Crippen LogP contribution >= 0.6 is 0 Å². The van der Waals surface area contributed by atoms with Gasteiger partial charge in [0.1, 0.15) is 11.6 Å². The Labute approximate surface area is 200 Å². The van der Waals surface area contributed by atoms with Crippen LogP contribution in [0, 0.1) is 5.82 Å². The van der Waals surface area contributed by atoms with Gasteiger partial charge in [-0.3, -0.25) is 0 Å². The average Bonchev–Trinajstić information content (AvgIpc) is 3.14. The van der Waals surface area contributed by atoms with Crippen LogP contribution in [0.4, 0.5) is 9.18 Å². The van der Waals surface area contributed by atoms with Crippen molar-refractivity contribution in [1.29, 1.82) is 0 Å². The second-order valence-corrected chi connectivity index (χ2v) is 8.65. The molecular formula is C26H33FN4O3. The molecule has 0 aliphatic rings. The lowest BCUT2D eigenvalue weighted by molar-refractivity contribution is 0.145. The summed E-state index contributed by atoms with van der Waals surface area (Å²) in [5.41, 5.74) is 2.37. The molecule has 0 spiro atoms. The molecule has 0 atom stereocenters. The van der Waals surface area contributed by atoms with Crippen molar-refractivity contribution in [2.24, 2.45) is 0 Å². The molecule has 2 aromatic carbocycles. The molecule has 3 aromatic rings. The van der Waals surface area contributed by atoms with E-state index >= 15 is 0 Å². The van der Waals surface area contributed by atoms with E-state index in [0.717, 1.165) is 16.9 Å². The molecule has 0 fully saturated rings. The largest absolute Gasteiger partial charge is 0.438 e. The van der Waals surface area contributed by atoms with Gasteiger partial charge in [-0.15, -0.1) is 0 Å². The minimum atomic E-state index is -0.396. The average molecular weight is 469 g/mol. The van der Waals surface area contributed by atoms with Crippen LogP contribution in [0.3, 0.4) is 0 Å². The van der Waals surface area contributed by atoms with Crippen molar-refractivity contribution < 1.29 is 18.7 Å². The summed E-state index contributed by atoms with van der Waals surface area (Å²) < 4.78 is 27.1. The van der Waals surface area contributed by atoms with E-state index in [1.807, 2.05) is 58.0 Å². The number of para-hydroxylation sites is 1. The molecule has 0 bridgehead atoms. The fourth-order valence-electron chi connectivity index (χ4n) is 3.54. The van der Waals surface area contributed by atoms with E-state index in [-0.39, 0.29) is 24.5 Å². The monoisotopic (exact) mass is 468 g/mol. The van der Waals surface area contributed by atoms with Gasteiger partial charge in [0.15, 0.2) is 0 Å². The van der Waals surface area contributed by atoms with E-state index in [2.05, 4.69) is 5.32 Å². The van der Waals surface area contributed by atoms with Gasteiger partial charge in [0, 0.05) is 25.8 Å². The molecule has 0 aliphatic carbocycles. The van der Waals surface area contributed by atoms with E-state index in [1.54, 1.807) is 28.8 Å². The lowest BCUT2D eigenvalue weighted by Gasteiger charge is -2.25. The van der Waals surface area contributed by atoms with Crippen LogP contribution < -0.4 is 10.1 Å². The fraction of sp³-hybridized carbons (Fsp3) is 0.385. The summed E-state index contributed by atoms with van der Waals surface area (Å²) >= 11 is 0. The Morgan fingerprint density at radius 2 is 1.85 bits per heavy atom. The standard InChI is InChI=1S/C26H33FN4O3/c1-18(2)24-23(17-30(14-15-33-5)26(32)28-19(3)4)25(34-22-13-9-10-20(27)16-22)31(29-24)21-11-7-6-8-12-21/h6-13,16,18-19H,14-15,17H2,1-5H3,(H,28,32). The van der Waals surface area contributed by atoms with Crippen molar-refractivity contribution in [3.63, 3.8) is 0 Å². The Morgan fingerprint density at radius 3 is 2.47 bits per heavy atom. The van der Waals surface area contributed by atoms with Crippen molar-refractivity contribution >= 4 is 6.03 Å². The summed E-state index contributed by atoms with van der Waals surface area (Å²) in [7, 11) is 1.60. The van der Waals surface area contributed by atoms with E-state index < -0.39 is 5.82 Å². The highest BCUT2D eigenvalue weighted by Gasteiger charge is 2.27. The minimum absolute atomic E-state index is 0.0165. The lowest BCUT2D eigenvalue weighted by atomic mass is 10.1. The molecule has 0 unspecified atom stereocenters. The van der Waals surface area contributed by atoms with Gasteiger partial charge in [-0.05, 0) is 44.0 Å². The maximum absolute atomic E-state index is 13.9. The Bertz CT molecular complexity index is 1080. The second kappa shape index (κ2) is 11.7. The van der Waals surface area contributed by atoms with Crippen molar-refractivity contribution in [2.75, 3.05) is 20.3 Å². The summed E-state index contributed by atoms with van der Waals surface area (Å²) in [4.78, 5) is 14.7. The number of hydrogen-bond donors (Lipinski definition) is 1. The topological polar surface area (TPSA) is 68.6 Å². The van der Waals surface area contributed by atoms with Gasteiger partial charge in [0.25, 0.3) is 0 Å². The number of amides is 2. The maximum atomic E-state index is 13.9. The first kappa shape index (κ1) is 25.2. The highest BCUT2D eigenvalue weighted by atomic mass is 19.1. The fourth-order valence-corrected chi connectivity index (χ4v) is 3.54. The van der Waals surface area contributed by atoms with Crippen LogP contribution in [-0.4, -0.2) is 47.0 Å². The van der Waals surface area contributed by atoms with Crippen LogP contribution in [0.25, 0.3) is 5.69 Å². The molecule has 0 saturated heterocycles. The zero-order valence-corrected chi connectivity index (χ0v) is 20.4. The van der Waals surface area contributed by atoms with Crippen LogP contribution in [0.2, 0.25) is 0 Å². The van der Waals surface area contributed by atoms with Crippen molar-refractivity contribution in [3.8, 4) is 17.3 Å². The Morgan fingerprint density at radius 1 is 1.12 bits per heavy atom. The molecule has 1 N–H and O–H groups in total. The molecule has 1 aromatic heterocycles. The van der Waals surface area contributed by atoms with E-state index in [0.29, 0.717) is 24.8 Å². The highest BCUT2D eigenvalue weighted by molar-refractivity contribution is 5.74. The molecule has 0 aliphatic heterocycles. The SMILES string of the molecule is COCCN(Cc1c(C(C)C)nn(-c2ccccc2)c1Oc1cccc(F)c1)C(=O)NC(C)C. The third-order valence-corrected chi connectivity index (χ3v) is 5.14. The smallest absolute Gasteiger partial charge is 0.317 e. The Hall–Kier alpha value is -3.39. The number of carbonyl (C=O) groups is 1. The van der Waals surface area contributed by atoms with Gasteiger partial charge in [0.2, 0.25) is 5.88 Å². The van der Waals surface area contributed by atoms with Gasteiger partial charge in [-0.2, -0.15) is 5.10 Å². The van der Waals surface area contributed by atoms with Crippen LogP contribution in [0.15, 0.2) is 54.6 Å². The van der Waals surface area contributed by atoms with E-state index in [4.69, 9.17) is 14.6 Å². The molecule has 3 rings (SSSR count). The van der Waals surface area contributed by atoms with Gasteiger partial charge in [-0.25, -0.2) is 13.9 Å². The summed E-state index contributed by atoms with van der Waals surface area (Å²) in [5, 5.41) is 7.81. The number of halogens is 1. The van der Waals surface area contributed by atoms with E-state index in [9.17, 15) is 9.18 Å². The first-order valence-corrected chi connectivity index (χ1v) is 11.4. The van der Waals surface area contributed by atoms with Gasteiger partial charge >= 0.3 is 6.03 Å². The molecule has 8 heteroatoms. The maximum Gasteiger partial charge on any atom is 0.317 e. The van der Waals surface area contributed by atoms with Crippen LogP contribution in [0.1, 0.15) is 44.9 Å². The highest BCUT2D eigenvalue weighted by Crippen LogP contribution is 2.35. The number of methoxy groups -OCH3 is 1. The summed E-state index contributed by atoms with van der Waals surface area (Å²) in [6, 6.07) is 15.4. The minimum Gasteiger partial charge on any atom is -0.438 e. The van der Waals surface area contributed by atoms with Gasteiger partial charge < -0.3 is 19.7 Å². The van der Waals surface area contributed by atoms with Crippen LogP contribution in [0.5, 0.6) is 11.6 Å². The molecule has 1 heterocycles. The number of benzene rings is 2. The number of urea groups is 1. The third-order valence-electron chi connectivity index (χ3n) is 5.14. The van der Waals surface area contributed by atoms with Crippen LogP contribution in [-0.2, 0) is 11.3 Å².